The van der Waals surface area contributed by atoms with Crippen LogP contribution in [0.25, 0.3) is 0 Å². The van der Waals surface area contributed by atoms with Crippen molar-refractivity contribution in [2.75, 3.05) is 5.32 Å². The third-order valence-electron chi connectivity index (χ3n) is 3.30. The highest BCUT2D eigenvalue weighted by Gasteiger charge is 2.32. The van der Waals surface area contributed by atoms with Gasteiger partial charge >= 0.3 is 0 Å². The molecule has 7 nitrogen and oxygen atoms in total. The largest absolute Gasteiger partial charge is 0.482 e. The molecule has 2 rings (SSSR count). The molecule has 0 aliphatic rings. The zero-order valence-electron chi connectivity index (χ0n) is 13.3. The van der Waals surface area contributed by atoms with Gasteiger partial charge in [-0.05, 0) is 31.2 Å². The lowest BCUT2D eigenvalue weighted by Crippen LogP contribution is -2.37. The van der Waals surface area contributed by atoms with E-state index in [4.69, 9.17) is 10.00 Å². The number of benzene rings is 1. The first kappa shape index (κ1) is 17.6. The summed E-state index contributed by atoms with van der Waals surface area (Å²) in [5.41, 5.74) is 0.258. The Hall–Kier alpha value is -3.71. The summed E-state index contributed by atoms with van der Waals surface area (Å²) >= 11 is 0. The van der Waals surface area contributed by atoms with Gasteiger partial charge in [-0.3, -0.25) is 9.59 Å². The second-order valence-electron chi connectivity index (χ2n) is 5.04. The van der Waals surface area contributed by atoms with Crippen molar-refractivity contribution in [2.24, 2.45) is 5.92 Å². The van der Waals surface area contributed by atoms with Gasteiger partial charge in [-0.15, -0.1) is 0 Å². The second kappa shape index (κ2) is 8.23. The van der Waals surface area contributed by atoms with Crippen LogP contribution in [0.4, 0.5) is 5.82 Å². The van der Waals surface area contributed by atoms with Crippen LogP contribution in [0.15, 0.2) is 48.7 Å². The van der Waals surface area contributed by atoms with E-state index in [9.17, 15) is 14.9 Å². The van der Waals surface area contributed by atoms with E-state index in [1.807, 2.05) is 6.07 Å². The number of nitriles is 2. The standard InChI is InChI=1S/C18H14N4O3/c1-12(25-15-7-3-2-6-13(15)10-19)17(23)14(11-20)18(24)22-16-8-4-5-9-21-16/h2-9,12,14H,1H3,(H,21,22,24)/t12-,14-/m0/s1. The third kappa shape index (κ3) is 4.40. The number of ether oxygens (including phenoxy) is 1. The lowest BCUT2D eigenvalue weighted by molar-refractivity contribution is -0.133. The maximum atomic E-state index is 12.4. The SMILES string of the molecule is C[C@H](Oc1ccccc1C#N)C(=O)[C@H](C#N)C(=O)Nc1ccccn1. The molecule has 0 spiro atoms. The van der Waals surface area contributed by atoms with Crippen molar-refractivity contribution < 1.29 is 14.3 Å². The van der Waals surface area contributed by atoms with Crippen molar-refractivity contribution in [3.05, 3.63) is 54.2 Å². The van der Waals surface area contributed by atoms with Crippen LogP contribution < -0.4 is 10.1 Å². The van der Waals surface area contributed by atoms with Crippen LogP contribution in [0.2, 0.25) is 0 Å². The molecule has 25 heavy (non-hydrogen) atoms. The molecule has 1 aromatic heterocycles. The first-order valence-electron chi connectivity index (χ1n) is 7.38. The summed E-state index contributed by atoms with van der Waals surface area (Å²) < 4.78 is 5.46. The molecular formula is C18H14N4O3. The zero-order valence-corrected chi connectivity index (χ0v) is 13.3. The Balaban J connectivity index is 2.09. The van der Waals surface area contributed by atoms with Gasteiger partial charge in [0.15, 0.2) is 17.8 Å². The minimum absolute atomic E-state index is 0.215. The van der Waals surface area contributed by atoms with Gasteiger partial charge in [0, 0.05) is 6.20 Å². The number of Topliss-reactive ketones (excluding diaryl/α,β-unsaturated/α-hetero) is 1. The molecule has 124 valence electrons. The number of anilines is 1. The predicted octanol–water partition coefficient (Wildman–Crippen LogP) is 2.07. The molecule has 1 amide bonds. The fraction of sp³-hybridized carbons (Fsp3) is 0.167. The van der Waals surface area contributed by atoms with Gasteiger partial charge < -0.3 is 10.1 Å². The van der Waals surface area contributed by atoms with E-state index < -0.39 is 23.7 Å². The molecule has 2 atom stereocenters. The van der Waals surface area contributed by atoms with Gasteiger partial charge in [0.05, 0.1) is 11.6 Å². The summed E-state index contributed by atoms with van der Waals surface area (Å²) in [6.07, 6.45) is 0.400. The first-order valence-corrected chi connectivity index (χ1v) is 7.38. The summed E-state index contributed by atoms with van der Waals surface area (Å²) in [6, 6.07) is 14.9. The van der Waals surface area contributed by atoms with E-state index >= 15 is 0 Å². The average molecular weight is 334 g/mol. The lowest BCUT2D eigenvalue weighted by atomic mass is 10.0. The number of ketones is 1. The number of amides is 1. The van der Waals surface area contributed by atoms with Crippen molar-refractivity contribution in [1.82, 2.24) is 4.98 Å². The molecule has 7 heteroatoms. The summed E-state index contributed by atoms with van der Waals surface area (Å²) in [5, 5.41) is 20.7. The van der Waals surface area contributed by atoms with E-state index in [2.05, 4.69) is 10.3 Å². The normalized spacial score (nSPS) is 12.1. The number of aromatic nitrogens is 1. The van der Waals surface area contributed by atoms with Gasteiger partial charge in [0.2, 0.25) is 0 Å². The second-order valence-corrected chi connectivity index (χ2v) is 5.04. The Morgan fingerprint density at radius 1 is 1.16 bits per heavy atom. The minimum Gasteiger partial charge on any atom is -0.482 e. The molecule has 0 aliphatic carbocycles. The van der Waals surface area contributed by atoms with E-state index in [1.54, 1.807) is 42.5 Å². The molecule has 1 aromatic carbocycles. The lowest BCUT2D eigenvalue weighted by Gasteiger charge is -2.17. The fourth-order valence-corrected chi connectivity index (χ4v) is 2.03. The van der Waals surface area contributed by atoms with E-state index in [0.717, 1.165) is 0 Å². The fourth-order valence-electron chi connectivity index (χ4n) is 2.03. The first-order chi connectivity index (χ1) is 12.1. The maximum Gasteiger partial charge on any atom is 0.250 e. The van der Waals surface area contributed by atoms with Crippen molar-refractivity contribution in [3.8, 4) is 17.9 Å². The van der Waals surface area contributed by atoms with Crippen LogP contribution in [-0.2, 0) is 9.59 Å². The number of hydrogen-bond acceptors (Lipinski definition) is 6. The molecule has 0 saturated heterocycles. The molecule has 1 N–H and O–H groups in total. The Labute approximate surface area is 144 Å². The van der Waals surface area contributed by atoms with Crippen LogP contribution in [0.5, 0.6) is 5.75 Å². The zero-order chi connectivity index (χ0) is 18.2. The summed E-state index contributed by atoms with van der Waals surface area (Å²) in [6.45, 7) is 1.43. The van der Waals surface area contributed by atoms with Gasteiger partial charge in [0.1, 0.15) is 17.6 Å². The Morgan fingerprint density at radius 3 is 2.52 bits per heavy atom. The number of para-hydroxylation sites is 1. The topological polar surface area (TPSA) is 116 Å². The number of nitrogens with one attached hydrogen (secondary N) is 1. The highest BCUT2D eigenvalue weighted by Crippen LogP contribution is 2.19. The van der Waals surface area contributed by atoms with E-state index in [0.29, 0.717) is 0 Å². The smallest absolute Gasteiger partial charge is 0.250 e. The molecule has 2 aromatic rings. The van der Waals surface area contributed by atoms with Crippen LogP contribution in [0, 0.1) is 28.6 Å². The van der Waals surface area contributed by atoms with E-state index in [1.165, 1.54) is 19.2 Å². The minimum atomic E-state index is -1.55. The molecule has 0 radical (unpaired) electrons. The predicted molar refractivity (Wildman–Crippen MR) is 88.2 cm³/mol. The van der Waals surface area contributed by atoms with Crippen LogP contribution in [0.1, 0.15) is 12.5 Å². The number of hydrogen-bond donors (Lipinski definition) is 1. The quantitative estimate of drug-likeness (QED) is 0.808. The Bertz CT molecular complexity index is 853. The molecule has 0 saturated carbocycles. The molecule has 1 heterocycles. The molecule has 0 aliphatic heterocycles. The highest BCUT2D eigenvalue weighted by atomic mass is 16.5. The maximum absolute atomic E-state index is 12.4. The molecule has 0 bridgehead atoms. The van der Waals surface area contributed by atoms with Crippen LogP contribution in [0.3, 0.4) is 0 Å². The van der Waals surface area contributed by atoms with E-state index in [-0.39, 0.29) is 17.1 Å². The summed E-state index contributed by atoms with van der Waals surface area (Å²) in [5.74, 6) is -2.58. The van der Waals surface area contributed by atoms with Crippen LogP contribution in [-0.4, -0.2) is 22.8 Å². The van der Waals surface area contributed by atoms with Crippen molar-refractivity contribution in [1.29, 1.82) is 10.5 Å². The van der Waals surface area contributed by atoms with Gasteiger partial charge in [0.25, 0.3) is 5.91 Å². The average Bonchev–Trinajstić information content (AvgIpc) is 2.63. The molecule has 0 unspecified atom stereocenters. The van der Waals surface area contributed by atoms with Gasteiger partial charge in [-0.2, -0.15) is 10.5 Å². The monoisotopic (exact) mass is 334 g/mol. The number of pyridine rings is 1. The highest BCUT2D eigenvalue weighted by molar-refractivity contribution is 6.10. The number of nitrogens with zero attached hydrogens (tertiary/aromatic N) is 3. The van der Waals surface area contributed by atoms with Crippen molar-refractivity contribution in [3.63, 3.8) is 0 Å². The number of carbonyl (C=O) groups excluding carboxylic acids is 2. The summed E-state index contributed by atoms with van der Waals surface area (Å²) in [7, 11) is 0. The molecule has 0 fully saturated rings. The van der Waals surface area contributed by atoms with Crippen molar-refractivity contribution in [2.45, 2.75) is 13.0 Å². The van der Waals surface area contributed by atoms with Crippen molar-refractivity contribution >= 4 is 17.5 Å². The van der Waals surface area contributed by atoms with Gasteiger partial charge in [-0.1, -0.05) is 18.2 Å². The Kier molecular flexibility index (Phi) is 5.81. The van der Waals surface area contributed by atoms with Crippen LogP contribution >= 0.6 is 0 Å². The summed E-state index contributed by atoms with van der Waals surface area (Å²) in [4.78, 5) is 28.5. The van der Waals surface area contributed by atoms with Gasteiger partial charge in [-0.25, -0.2) is 4.98 Å². The Morgan fingerprint density at radius 2 is 1.88 bits per heavy atom. The molecular weight excluding hydrogens is 320 g/mol. The number of rotatable bonds is 6. The third-order valence-corrected chi connectivity index (χ3v) is 3.30. The number of carbonyl (C=O) groups is 2.